The molecule has 0 saturated carbocycles. The number of likely N-dealkylation sites (tertiary alicyclic amines) is 1. The predicted molar refractivity (Wildman–Crippen MR) is 103 cm³/mol. The first-order valence-electron chi connectivity index (χ1n) is 8.83. The molecule has 0 radical (unpaired) electrons. The fourth-order valence-corrected chi connectivity index (χ4v) is 4.07. The molecule has 4 heteroatoms. The topological polar surface area (TPSA) is 29.5 Å². The van der Waals surface area contributed by atoms with Gasteiger partial charge in [0.1, 0.15) is 0 Å². The van der Waals surface area contributed by atoms with Gasteiger partial charge >= 0.3 is 5.97 Å². The van der Waals surface area contributed by atoms with E-state index < -0.39 is 0 Å². The third-order valence-corrected chi connectivity index (χ3v) is 5.24. The summed E-state index contributed by atoms with van der Waals surface area (Å²) < 4.78 is 6.42. The van der Waals surface area contributed by atoms with E-state index in [1.807, 2.05) is 19.1 Å². The van der Waals surface area contributed by atoms with Gasteiger partial charge in [0.15, 0.2) is 0 Å². The number of ether oxygens (including phenoxy) is 1. The number of hydrogen-bond acceptors (Lipinski definition) is 3. The van der Waals surface area contributed by atoms with E-state index in [0.29, 0.717) is 6.61 Å². The molecule has 1 saturated heterocycles. The van der Waals surface area contributed by atoms with Crippen molar-refractivity contribution in [2.24, 2.45) is 11.8 Å². The van der Waals surface area contributed by atoms with E-state index in [1.54, 1.807) is 0 Å². The Morgan fingerprint density at radius 2 is 1.88 bits per heavy atom. The minimum atomic E-state index is -0.0574. The Hall–Kier alpha value is -1.65. The molecule has 3 rings (SSSR count). The van der Waals surface area contributed by atoms with E-state index in [-0.39, 0.29) is 17.8 Å². The van der Waals surface area contributed by atoms with E-state index in [9.17, 15) is 4.79 Å². The van der Waals surface area contributed by atoms with Gasteiger partial charge in [0, 0.05) is 24.1 Å². The average molecular weight is 402 g/mol. The summed E-state index contributed by atoms with van der Waals surface area (Å²) in [6, 6.07) is 18.8. The molecule has 2 unspecified atom stereocenters. The van der Waals surface area contributed by atoms with Crippen molar-refractivity contribution in [2.75, 3.05) is 19.7 Å². The molecule has 0 amide bonds. The highest BCUT2D eigenvalue weighted by Gasteiger charge is 2.38. The van der Waals surface area contributed by atoms with Gasteiger partial charge in [0.25, 0.3) is 0 Å². The SMILES string of the molecule is CCOC(=O)C1CN(Cc2ccccc2)CC1Cc1cccc(Br)c1. The van der Waals surface area contributed by atoms with Gasteiger partial charge in [-0.15, -0.1) is 0 Å². The lowest BCUT2D eigenvalue weighted by molar-refractivity contribution is -0.148. The number of hydrogen-bond donors (Lipinski definition) is 0. The highest BCUT2D eigenvalue weighted by molar-refractivity contribution is 9.10. The van der Waals surface area contributed by atoms with Gasteiger partial charge in [0.05, 0.1) is 12.5 Å². The molecule has 0 aliphatic carbocycles. The highest BCUT2D eigenvalue weighted by atomic mass is 79.9. The van der Waals surface area contributed by atoms with Crippen LogP contribution in [0.4, 0.5) is 0 Å². The largest absolute Gasteiger partial charge is 0.466 e. The second-order valence-electron chi connectivity index (χ2n) is 6.63. The van der Waals surface area contributed by atoms with Crippen molar-refractivity contribution in [2.45, 2.75) is 19.9 Å². The van der Waals surface area contributed by atoms with Crippen molar-refractivity contribution in [3.8, 4) is 0 Å². The number of carbonyl (C=O) groups is 1. The van der Waals surface area contributed by atoms with E-state index in [2.05, 4.69) is 63.3 Å². The van der Waals surface area contributed by atoms with E-state index in [1.165, 1.54) is 11.1 Å². The zero-order valence-corrected chi connectivity index (χ0v) is 16.1. The van der Waals surface area contributed by atoms with Crippen LogP contribution in [0.15, 0.2) is 59.1 Å². The normalized spacial score (nSPS) is 20.6. The predicted octanol–water partition coefficient (Wildman–Crippen LogP) is 4.30. The molecule has 1 heterocycles. The molecular formula is C21H24BrNO2. The van der Waals surface area contributed by atoms with E-state index in [4.69, 9.17) is 4.74 Å². The monoisotopic (exact) mass is 401 g/mol. The molecule has 1 aliphatic rings. The molecule has 25 heavy (non-hydrogen) atoms. The summed E-state index contributed by atoms with van der Waals surface area (Å²) in [5.74, 6) is 0.178. The van der Waals surface area contributed by atoms with Crippen LogP contribution < -0.4 is 0 Å². The Labute approximate surface area is 158 Å². The summed E-state index contributed by atoms with van der Waals surface area (Å²) in [7, 11) is 0. The van der Waals surface area contributed by atoms with Crippen LogP contribution in [0.1, 0.15) is 18.1 Å². The van der Waals surface area contributed by atoms with Crippen LogP contribution in [0, 0.1) is 11.8 Å². The molecule has 0 spiro atoms. The van der Waals surface area contributed by atoms with Crippen LogP contribution in [0.25, 0.3) is 0 Å². The minimum absolute atomic E-state index is 0.0531. The minimum Gasteiger partial charge on any atom is -0.466 e. The summed E-state index contributed by atoms with van der Waals surface area (Å²) >= 11 is 3.53. The molecule has 1 fully saturated rings. The zero-order chi connectivity index (χ0) is 17.6. The van der Waals surface area contributed by atoms with Crippen LogP contribution in [0.5, 0.6) is 0 Å². The van der Waals surface area contributed by atoms with Gasteiger partial charge in [-0.25, -0.2) is 0 Å². The van der Waals surface area contributed by atoms with Gasteiger partial charge in [-0.1, -0.05) is 58.4 Å². The summed E-state index contributed by atoms with van der Waals surface area (Å²) in [6.07, 6.45) is 0.897. The van der Waals surface area contributed by atoms with Gasteiger partial charge in [0.2, 0.25) is 0 Å². The number of benzene rings is 2. The number of esters is 1. The van der Waals surface area contributed by atoms with Crippen molar-refractivity contribution < 1.29 is 9.53 Å². The average Bonchev–Trinajstić information content (AvgIpc) is 2.98. The summed E-state index contributed by atoms with van der Waals surface area (Å²) in [6.45, 7) is 4.89. The Kier molecular flexibility index (Phi) is 6.27. The number of carbonyl (C=O) groups excluding carboxylic acids is 1. The van der Waals surface area contributed by atoms with Gasteiger partial charge in [-0.2, -0.15) is 0 Å². The quantitative estimate of drug-likeness (QED) is 0.675. The Bertz CT molecular complexity index is 704. The second kappa shape index (κ2) is 8.63. The van der Waals surface area contributed by atoms with Gasteiger partial charge in [-0.3, -0.25) is 9.69 Å². The van der Waals surface area contributed by atoms with Crippen molar-refractivity contribution in [1.29, 1.82) is 0 Å². The smallest absolute Gasteiger partial charge is 0.310 e. The van der Waals surface area contributed by atoms with Crippen LogP contribution in [-0.2, 0) is 22.5 Å². The molecule has 3 nitrogen and oxygen atoms in total. The van der Waals surface area contributed by atoms with Crippen LogP contribution >= 0.6 is 15.9 Å². The summed E-state index contributed by atoms with van der Waals surface area (Å²) in [5.41, 5.74) is 2.54. The maximum Gasteiger partial charge on any atom is 0.310 e. The van der Waals surface area contributed by atoms with Crippen LogP contribution in [0.2, 0.25) is 0 Å². The van der Waals surface area contributed by atoms with E-state index >= 15 is 0 Å². The molecule has 2 atom stereocenters. The first-order chi connectivity index (χ1) is 12.2. The lowest BCUT2D eigenvalue weighted by Gasteiger charge is -2.17. The first kappa shape index (κ1) is 18.2. The molecule has 0 N–H and O–H groups in total. The third kappa shape index (κ3) is 4.93. The molecule has 0 bridgehead atoms. The molecule has 1 aliphatic heterocycles. The molecule has 132 valence electrons. The Balaban J connectivity index is 1.72. The zero-order valence-electron chi connectivity index (χ0n) is 14.5. The number of rotatable bonds is 6. The van der Waals surface area contributed by atoms with E-state index in [0.717, 1.165) is 30.5 Å². The third-order valence-electron chi connectivity index (χ3n) is 4.74. The number of nitrogens with zero attached hydrogens (tertiary/aromatic N) is 1. The molecule has 0 aromatic heterocycles. The van der Waals surface area contributed by atoms with Crippen molar-refractivity contribution in [1.82, 2.24) is 4.90 Å². The van der Waals surface area contributed by atoms with Gasteiger partial charge in [-0.05, 0) is 42.5 Å². The lowest BCUT2D eigenvalue weighted by atomic mass is 9.90. The number of halogens is 1. The second-order valence-corrected chi connectivity index (χ2v) is 7.55. The molecule has 2 aromatic carbocycles. The standard InChI is InChI=1S/C21H24BrNO2/c1-2-25-21(24)20-15-23(13-16-7-4-3-5-8-16)14-18(20)11-17-9-6-10-19(22)12-17/h3-10,12,18,20H,2,11,13-15H2,1H3. The Morgan fingerprint density at radius 1 is 1.12 bits per heavy atom. The van der Waals surface area contributed by atoms with Crippen molar-refractivity contribution >= 4 is 21.9 Å². The lowest BCUT2D eigenvalue weighted by Crippen LogP contribution is -2.26. The summed E-state index contributed by atoms with van der Waals surface area (Å²) in [5, 5.41) is 0. The fourth-order valence-electron chi connectivity index (χ4n) is 3.62. The highest BCUT2D eigenvalue weighted by Crippen LogP contribution is 2.30. The maximum atomic E-state index is 12.5. The fraction of sp³-hybridized carbons (Fsp3) is 0.381. The Morgan fingerprint density at radius 3 is 2.60 bits per heavy atom. The van der Waals surface area contributed by atoms with Crippen LogP contribution in [-0.4, -0.2) is 30.6 Å². The molecular weight excluding hydrogens is 378 g/mol. The van der Waals surface area contributed by atoms with Crippen molar-refractivity contribution in [3.05, 3.63) is 70.2 Å². The van der Waals surface area contributed by atoms with Crippen molar-refractivity contribution in [3.63, 3.8) is 0 Å². The van der Waals surface area contributed by atoms with Crippen LogP contribution in [0.3, 0.4) is 0 Å². The first-order valence-corrected chi connectivity index (χ1v) is 9.62. The maximum absolute atomic E-state index is 12.5. The molecule has 2 aromatic rings. The summed E-state index contributed by atoms with van der Waals surface area (Å²) in [4.78, 5) is 14.8. The van der Waals surface area contributed by atoms with Gasteiger partial charge < -0.3 is 4.74 Å².